The number of carbonyl (C=O) groups is 1. The molecule has 0 amide bonds. The molecule has 0 saturated carbocycles. The Morgan fingerprint density at radius 3 is 2.78 bits per heavy atom. The Morgan fingerprint density at radius 1 is 1.33 bits per heavy atom. The van der Waals surface area contributed by atoms with E-state index in [4.69, 9.17) is 9.47 Å². The zero-order valence-electron chi connectivity index (χ0n) is 11.2. The fourth-order valence-corrected chi connectivity index (χ4v) is 2.38. The van der Waals surface area contributed by atoms with Gasteiger partial charge in [0.2, 0.25) is 0 Å². The number of hydrogen-bond donors (Lipinski definition) is 0. The van der Waals surface area contributed by atoms with Crippen molar-refractivity contribution in [3.63, 3.8) is 0 Å². The number of thioether (sulfide) groups is 1. The molecule has 0 aliphatic heterocycles. The predicted molar refractivity (Wildman–Crippen MR) is 75.9 cm³/mol. The SMILES string of the molecule is COCCCSCC(=O)c1ccc(C)cc1OC. The smallest absolute Gasteiger partial charge is 0.176 e. The van der Waals surface area contributed by atoms with Crippen molar-refractivity contribution in [1.29, 1.82) is 0 Å². The fraction of sp³-hybridized carbons (Fsp3) is 0.500. The van der Waals surface area contributed by atoms with Crippen LogP contribution in [-0.2, 0) is 4.74 Å². The van der Waals surface area contributed by atoms with Gasteiger partial charge in [0.15, 0.2) is 5.78 Å². The maximum atomic E-state index is 12.0. The van der Waals surface area contributed by atoms with Crippen molar-refractivity contribution in [3.05, 3.63) is 29.3 Å². The van der Waals surface area contributed by atoms with Crippen molar-refractivity contribution in [1.82, 2.24) is 0 Å². The van der Waals surface area contributed by atoms with Crippen molar-refractivity contribution in [2.75, 3.05) is 32.3 Å². The van der Waals surface area contributed by atoms with Gasteiger partial charge in [-0.3, -0.25) is 4.79 Å². The highest BCUT2D eigenvalue weighted by molar-refractivity contribution is 7.99. The lowest BCUT2D eigenvalue weighted by molar-refractivity contribution is 0.101. The van der Waals surface area contributed by atoms with Gasteiger partial charge in [0, 0.05) is 13.7 Å². The number of methoxy groups -OCH3 is 2. The Morgan fingerprint density at radius 2 is 2.11 bits per heavy atom. The van der Waals surface area contributed by atoms with Gasteiger partial charge in [-0.25, -0.2) is 0 Å². The van der Waals surface area contributed by atoms with E-state index in [0.29, 0.717) is 17.1 Å². The van der Waals surface area contributed by atoms with Crippen LogP contribution in [0.2, 0.25) is 0 Å². The van der Waals surface area contributed by atoms with E-state index in [9.17, 15) is 4.79 Å². The minimum absolute atomic E-state index is 0.120. The molecule has 0 spiro atoms. The van der Waals surface area contributed by atoms with Gasteiger partial charge in [-0.2, -0.15) is 11.8 Å². The van der Waals surface area contributed by atoms with Crippen molar-refractivity contribution >= 4 is 17.5 Å². The summed E-state index contributed by atoms with van der Waals surface area (Å²) in [5.41, 5.74) is 1.76. The molecule has 100 valence electrons. The first-order valence-corrected chi connectivity index (χ1v) is 7.09. The van der Waals surface area contributed by atoms with E-state index in [0.717, 1.165) is 24.3 Å². The summed E-state index contributed by atoms with van der Waals surface area (Å²) in [6.07, 6.45) is 0.972. The van der Waals surface area contributed by atoms with Gasteiger partial charge < -0.3 is 9.47 Å². The third-order valence-corrected chi connectivity index (χ3v) is 3.57. The number of Topliss-reactive ketones (excluding diaryl/α,β-unsaturated/α-hetero) is 1. The van der Waals surface area contributed by atoms with Gasteiger partial charge in [0.05, 0.1) is 18.4 Å². The molecule has 0 unspecified atom stereocenters. The van der Waals surface area contributed by atoms with Crippen molar-refractivity contribution in [2.45, 2.75) is 13.3 Å². The van der Waals surface area contributed by atoms with Gasteiger partial charge in [0.1, 0.15) is 5.75 Å². The summed E-state index contributed by atoms with van der Waals surface area (Å²) in [4.78, 5) is 12.0. The van der Waals surface area contributed by atoms with Crippen LogP contribution in [0.1, 0.15) is 22.3 Å². The minimum Gasteiger partial charge on any atom is -0.496 e. The summed E-state index contributed by atoms with van der Waals surface area (Å²) in [6, 6.07) is 5.67. The number of hydrogen-bond acceptors (Lipinski definition) is 4. The lowest BCUT2D eigenvalue weighted by Crippen LogP contribution is -2.06. The summed E-state index contributed by atoms with van der Waals surface area (Å²) < 4.78 is 10.2. The molecule has 0 radical (unpaired) electrons. The molecule has 18 heavy (non-hydrogen) atoms. The molecule has 0 saturated heterocycles. The molecule has 0 heterocycles. The fourth-order valence-electron chi connectivity index (χ4n) is 1.58. The molecule has 0 fully saturated rings. The molecule has 0 aliphatic rings. The van der Waals surface area contributed by atoms with Crippen LogP contribution in [0.25, 0.3) is 0 Å². The molecule has 0 aliphatic carbocycles. The van der Waals surface area contributed by atoms with Gasteiger partial charge in [0.25, 0.3) is 0 Å². The monoisotopic (exact) mass is 268 g/mol. The Labute approximate surface area is 113 Å². The van der Waals surface area contributed by atoms with Gasteiger partial charge in [-0.05, 0) is 36.8 Å². The Kier molecular flexibility index (Phi) is 6.83. The molecule has 3 nitrogen and oxygen atoms in total. The molecule has 0 N–H and O–H groups in total. The van der Waals surface area contributed by atoms with E-state index in [2.05, 4.69) is 0 Å². The van der Waals surface area contributed by atoms with Crippen LogP contribution in [0.3, 0.4) is 0 Å². The second-order valence-corrected chi connectivity index (χ2v) is 5.13. The first kappa shape index (κ1) is 15.1. The molecule has 0 atom stereocenters. The zero-order valence-corrected chi connectivity index (χ0v) is 12.0. The second kappa shape index (κ2) is 8.16. The van der Waals surface area contributed by atoms with Crippen molar-refractivity contribution < 1.29 is 14.3 Å². The zero-order chi connectivity index (χ0) is 13.4. The number of ether oxygens (including phenoxy) is 2. The van der Waals surface area contributed by atoms with Crippen molar-refractivity contribution in [3.8, 4) is 5.75 Å². The lowest BCUT2D eigenvalue weighted by atomic mass is 10.1. The van der Waals surface area contributed by atoms with Crippen LogP contribution < -0.4 is 4.74 Å². The maximum Gasteiger partial charge on any atom is 0.176 e. The molecular formula is C14H20O3S. The Balaban J connectivity index is 2.51. The molecule has 1 aromatic carbocycles. The largest absolute Gasteiger partial charge is 0.496 e. The predicted octanol–water partition coefficient (Wildman–Crippen LogP) is 2.96. The molecule has 1 rings (SSSR count). The van der Waals surface area contributed by atoms with Crippen LogP contribution in [0, 0.1) is 6.92 Å². The average molecular weight is 268 g/mol. The standard InChI is InChI=1S/C14H20O3S/c1-11-5-6-12(14(9-11)17-3)13(15)10-18-8-4-7-16-2/h5-6,9H,4,7-8,10H2,1-3H3. The normalized spacial score (nSPS) is 10.4. The number of aryl methyl sites for hydroxylation is 1. The number of rotatable bonds is 8. The summed E-state index contributed by atoms with van der Waals surface area (Å²) in [6.45, 7) is 2.73. The van der Waals surface area contributed by atoms with E-state index in [1.165, 1.54) is 0 Å². The topological polar surface area (TPSA) is 35.5 Å². The summed E-state index contributed by atoms with van der Waals surface area (Å²) in [5, 5.41) is 0. The molecule has 0 bridgehead atoms. The van der Waals surface area contributed by atoms with Gasteiger partial charge in [-0.15, -0.1) is 0 Å². The summed E-state index contributed by atoms with van der Waals surface area (Å²) in [5.74, 6) is 2.21. The van der Waals surface area contributed by atoms with Crippen molar-refractivity contribution in [2.24, 2.45) is 0 Å². The van der Waals surface area contributed by atoms with E-state index < -0.39 is 0 Å². The Bertz CT molecular complexity index is 391. The maximum absolute atomic E-state index is 12.0. The summed E-state index contributed by atoms with van der Waals surface area (Å²) >= 11 is 1.63. The number of carbonyl (C=O) groups excluding carboxylic acids is 1. The molecule has 0 aromatic heterocycles. The van der Waals surface area contributed by atoms with E-state index in [-0.39, 0.29) is 5.78 Å². The van der Waals surface area contributed by atoms with Crippen LogP contribution in [0.5, 0.6) is 5.75 Å². The quantitative estimate of drug-likeness (QED) is 0.536. The third-order valence-electron chi connectivity index (χ3n) is 2.53. The van der Waals surface area contributed by atoms with Crippen LogP contribution in [0.15, 0.2) is 18.2 Å². The van der Waals surface area contributed by atoms with Gasteiger partial charge in [-0.1, -0.05) is 6.07 Å². The lowest BCUT2D eigenvalue weighted by Gasteiger charge is -2.08. The first-order valence-electron chi connectivity index (χ1n) is 5.93. The number of benzene rings is 1. The molecule has 1 aromatic rings. The molecule has 4 heteroatoms. The Hall–Kier alpha value is -1.00. The van der Waals surface area contributed by atoms with E-state index >= 15 is 0 Å². The van der Waals surface area contributed by atoms with E-state index in [1.54, 1.807) is 26.0 Å². The minimum atomic E-state index is 0.120. The highest BCUT2D eigenvalue weighted by Crippen LogP contribution is 2.21. The molecular weight excluding hydrogens is 248 g/mol. The number of ketones is 1. The van der Waals surface area contributed by atoms with E-state index in [1.807, 2.05) is 25.1 Å². The highest BCUT2D eigenvalue weighted by Gasteiger charge is 2.11. The van der Waals surface area contributed by atoms with Gasteiger partial charge >= 0.3 is 0 Å². The first-order chi connectivity index (χ1) is 8.69. The summed E-state index contributed by atoms with van der Waals surface area (Å²) in [7, 11) is 3.28. The van der Waals surface area contributed by atoms with Crippen LogP contribution in [-0.4, -0.2) is 38.1 Å². The third kappa shape index (κ3) is 4.70. The van der Waals surface area contributed by atoms with Crippen LogP contribution in [0.4, 0.5) is 0 Å². The average Bonchev–Trinajstić information content (AvgIpc) is 2.38. The highest BCUT2D eigenvalue weighted by atomic mass is 32.2. The second-order valence-electron chi connectivity index (χ2n) is 4.03. The van der Waals surface area contributed by atoms with Crippen LogP contribution >= 0.6 is 11.8 Å².